The van der Waals surface area contributed by atoms with Crippen LogP contribution in [-0.2, 0) is 4.79 Å². The summed E-state index contributed by atoms with van der Waals surface area (Å²) in [6.07, 6.45) is 3.22. The maximum absolute atomic E-state index is 12.2. The van der Waals surface area contributed by atoms with Crippen LogP contribution in [0.1, 0.15) is 19.3 Å². The number of rotatable bonds is 6. The highest BCUT2D eigenvalue weighted by atomic mass is 16.5. The summed E-state index contributed by atoms with van der Waals surface area (Å²) < 4.78 is 10.7. The van der Waals surface area contributed by atoms with Crippen LogP contribution in [0.3, 0.4) is 0 Å². The quantitative estimate of drug-likeness (QED) is 0.866. The molecule has 1 atom stereocenters. The molecule has 0 unspecified atom stereocenters. The van der Waals surface area contributed by atoms with Gasteiger partial charge in [-0.15, -0.1) is 0 Å². The fourth-order valence-electron chi connectivity index (χ4n) is 2.41. The number of methoxy groups -OCH3 is 1. The third-order valence-corrected chi connectivity index (χ3v) is 3.74. The summed E-state index contributed by atoms with van der Waals surface area (Å²) in [7, 11) is 3.46. The molecule has 116 valence electrons. The molecule has 1 aromatic carbocycles. The molecule has 1 aliphatic heterocycles. The van der Waals surface area contributed by atoms with Gasteiger partial charge in [-0.3, -0.25) is 4.79 Å². The minimum absolute atomic E-state index is 0.0234. The molecular weight excluding hydrogens is 268 g/mol. The lowest BCUT2D eigenvalue weighted by atomic mass is 10.0. The highest BCUT2D eigenvalue weighted by Gasteiger charge is 2.23. The van der Waals surface area contributed by atoms with Crippen LogP contribution in [0.15, 0.2) is 24.3 Å². The molecule has 0 spiro atoms. The van der Waals surface area contributed by atoms with Gasteiger partial charge in [-0.2, -0.15) is 0 Å². The van der Waals surface area contributed by atoms with Crippen LogP contribution in [0.2, 0.25) is 0 Å². The van der Waals surface area contributed by atoms with Gasteiger partial charge in [0.15, 0.2) is 0 Å². The van der Waals surface area contributed by atoms with Gasteiger partial charge in [0, 0.05) is 7.05 Å². The Kier molecular flexibility index (Phi) is 5.87. The zero-order valence-electron chi connectivity index (χ0n) is 12.8. The molecular formula is C16H24N2O3. The van der Waals surface area contributed by atoms with E-state index in [4.69, 9.17) is 9.47 Å². The Balaban J connectivity index is 1.72. The van der Waals surface area contributed by atoms with Gasteiger partial charge in [0.25, 0.3) is 0 Å². The van der Waals surface area contributed by atoms with Crippen molar-refractivity contribution < 1.29 is 14.3 Å². The van der Waals surface area contributed by atoms with Gasteiger partial charge >= 0.3 is 0 Å². The third kappa shape index (κ3) is 4.63. The predicted molar refractivity (Wildman–Crippen MR) is 81.8 cm³/mol. The number of nitrogens with one attached hydrogen (secondary N) is 1. The molecule has 21 heavy (non-hydrogen) atoms. The van der Waals surface area contributed by atoms with Gasteiger partial charge in [0.1, 0.15) is 18.1 Å². The zero-order chi connectivity index (χ0) is 15.1. The van der Waals surface area contributed by atoms with Crippen LogP contribution in [0.5, 0.6) is 11.5 Å². The zero-order valence-corrected chi connectivity index (χ0v) is 12.8. The lowest BCUT2D eigenvalue weighted by molar-refractivity contribution is -0.133. The summed E-state index contributed by atoms with van der Waals surface area (Å²) in [5.41, 5.74) is 0. The lowest BCUT2D eigenvalue weighted by Gasteiger charge is -2.27. The van der Waals surface area contributed by atoms with Gasteiger partial charge in [0.2, 0.25) is 5.91 Å². The molecule has 1 fully saturated rings. The van der Waals surface area contributed by atoms with Crippen LogP contribution >= 0.6 is 0 Å². The summed E-state index contributed by atoms with van der Waals surface area (Å²) in [6, 6.07) is 7.42. The van der Waals surface area contributed by atoms with E-state index in [0.29, 0.717) is 13.2 Å². The summed E-state index contributed by atoms with van der Waals surface area (Å²) in [4.78, 5) is 14.0. The molecule has 0 radical (unpaired) electrons. The second kappa shape index (κ2) is 7.88. The highest BCUT2D eigenvalue weighted by molar-refractivity contribution is 5.81. The Bertz CT molecular complexity index is 441. The molecule has 5 heteroatoms. The standard InChI is InChI=1S/C16H24N2O3/c1-18(16(19)15-5-3-4-10-17-15)11-12-21-14-8-6-13(20-2)7-9-14/h6-9,15,17H,3-5,10-12H2,1-2H3/t15-/m1/s1. The normalized spacial score (nSPS) is 18.1. The number of hydrogen-bond donors (Lipinski definition) is 1. The van der Waals surface area contributed by atoms with E-state index < -0.39 is 0 Å². The minimum atomic E-state index is -0.0234. The monoisotopic (exact) mass is 292 g/mol. The van der Waals surface area contributed by atoms with Crippen LogP contribution in [0, 0.1) is 0 Å². The van der Waals surface area contributed by atoms with Crippen molar-refractivity contribution in [3.8, 4) is 11.5 Å². The molecule has 1 aromatic rings. The molecule has 0 aromatic heterocycles. The van der Waals surface area contributed by atoms with E-state index in [9.17, 15) is 4.79 Å². The van der Waals surface area contributed by atoms with E-state index in [0.717, 1.165) is 37.3 Å². The fraction of sp³-hybridized carbons (Fsp3) is 0.562. The van der Waals surface area contributed by atoms with Gasteiger partial charge in [-0.05, 0) is 43.7 Å². The number of ether oxygens (including phenoxy) is 2. The topological polar surface area (TPSA) is 50.8 Å². The Morgan fingerprint density at radius 2 is 2.00 bits per heavy atom. The van der Waals surface area contributed by atoms with Crippen LogP contribution in [0.4, 0.5) is 0 Å². The average Bonchev–Trinajstić information content (AvgIpc) is 2.55. The van der Waals surface area contributed by atoms with E-state index >= 15 is 0 Å². The second-order valence-corrected chi connectivity index (χ2v) is 5.29. The van der Waals surface area contributed by atoms with Crippen molar-refractivity contribution in [2.45, 2.75) is 25.3 Å². The Labute approximate surface area is 126 Å². The molecule has 0 saturated carbocycles. The first-order valence-corrected chi connectivity index (χ1v) is 7.46. The van der Waals surface area contributed by atoms with Gasteiger partial charge in [0.05, 0.1) is 19.7 Å². The summed E-state index contributed by atoms with van der Waals surface area (Å²) in [5, 5.41) is 3.27. The summed E-state index contributed by atoms with van der Waals surface area (Å²) in [6.45, 7) is 2.01. The first kappa shape index (κ1) is 15.6. The number of benzene rings is 1. The van der Waals surface area contributed by atoms with Gasteiger partial charge < -0.3 is 19.7 Å². The van der Waals surface area contributed by atoms with Crippen molar-refractivity contribution in [1.29, 1.82) is 0 Å². The number of amides is 1. The highest BCUT2D eigenvalue weighted by Crippen LogP contribution is 2.17. The number of piperidine rings is 1. The van der Waals surface area contributed by atoms with E-state index in [1.165, 1.54) is 0 Å². The minimum Gasteiger partial charge on any atom is -0.497 e. The van der Waals surface area contributed by atoms with E-state index in [1.54, 1.807) is 12.0 Å². The molecule has 2 rings (SSSR count). The molecule has 1 saturated heterocycles. The Morgan fingerprint density at radius 1 is 1.29 bits per heavy atom. The smallest absolute Gasteiger partial charge is 0.239 e. The van der Waals surface area contributed by atoms with E-state index in [2.05, 4.69) is 5.32 Å². The van der Waals surface area contributed by atoms with Crippen LogP contribution in [-0.4, -0.2) is 50.7 Å². The summed E-state index contributed by atoms with van der Waals surface area (Å²) >= 11 is 0. The fourth-order valence-corrected chi connectivity index (χ4v) is 2.41. The molecule has 1 N–H and O–H groups in total. The lowest BCUT2D eigenvalue weighted by Crippen LogP contribution is -2.48. The summed E-state index contributed by atoms with van der Waals surface area (Å²) in [5.74, 6) is 1.75. The molecule has 1 amide bonds. The Hall–Kier alpha value is -1.75. The largest absolute Gasteiger partial charge is 0.497 e. The first-order chi connectivity index (χ1) is 10.2. The third-order valence-electron chi connectivity index (χ3n) is 3.74. The SMILES string of the molecule is COc1ccc(OCCN(C)C(=O)[C@H]2CCCCN2)cc1. The molecule has 1 heterocycles. The van der Waals surface area contributed by atoms with Gasteiger partial charge in [-0.1, -0.05) is 6.42 Å². The van der Waals surface area contributed by atoms with Crippen molar-refractivity contribution in [2.75, 3.05) is 33.9 Å². The van der Waals surface area contributed by atoms with Crippen molar-refractivity contribution in [2.24, 2.45) is 0 Å². The van der Waals surface area contributed by atoms with E-state index in [-0.39, 0.29) is 11.9 Å². The maximum Gasteiger partial charge on any atom is 0.239 e. The maximum atomic E-state index is 12.2. The molecule has 1 aliphatic rings. The van der Waals surface area contributed by atoms with Crippen molar-refractivity contribution >= 4 is 5.91 Å². The number of carbonyl (C=O) groups excluding carboxylic acids is 1. The number of likely N-dealkylation sites (N-methyl/N-ethyl adjacent to an activating group) is 1. The van der Waals surface area contributed by atoms with Crippen LogP contribution < -0.4 is 14.8 Å². The molecule has 0 aliphatic carbocycles. The Morgan fingerprint density at radius 3 is 2.62 bits per heavy atom. The van der Waals surface area contributed by atoms with Crippen molar-refractivity contribution in [1.82, 2.24) is 10.2 Å². The van der Waals surface area contributed by atoms with Crippen molar-refractivity contribution in [3.63, 3.8) is 0 Å². The van der Waals surface area contributed by atoms with Crippen LogP contribution in [0.25, 0.3) is 0 Å². The number of nitrogens with zero attached hydrogens (tertiary/aromatic N) is 1. The van der Waals surface area contributed by atoms with Gasteiger partial charge in [-0.25, -0.2) is 0 Å². The number of hydrogen-bond acceptors (Lipinski definition) is 4. The molecule has 0 bridgehead atoms. The average molecular weight is 292 g/mol. The van der Waals surface area contributed by atoms with E-state index in [1.807, 2.05) is 31.3 Å². The first-order valence-electron chi connectivity index (χ1n) is 7.46. The second-order valence-electron chi connectivity index (χ2n) is 5.29. The predicted octanol–water partition coefficient (Wildman–Crippen LogP) is 1.67. The molecule has 5 nitrogen and oxygen atoms in total. The van der Waals surface area contributed by atoms with Crippen molar-refractivity contribution in [3.05, 3.63) is 24.3 Å². The number of carbonyl (C=O) groups is 1.